The molecule has 3 aromatic heterocycles. The summed E-state index contributed by atoms with van der Waals surface area (Å²) in [7, 11) is -3.68. The Balaban J connectivity index is 1.30. The van der Waals surface area contributed by atoms with Crippen LogP contribution in [0.2, 0.25) is 0 Å². The van der Waals surface area contributed by atoms with Crippen LogP contribution in [-0.2, 0) is 21.2 Å². The lowest BCUT2D eigenvalue weighted by molar-refractivity contribution is -0.131. The third kappa shape index (κ3) is 3.77. The van der Waals surface area contributed by atoms with Crippen LogP contribution < -0.4 is 0 Å². The van der Waals surface area contributed by atoms with Gasteiger partial charge in [-0.15, -0.1) is 0 Å². The van der Waals surface area contributed by atoms with Crippen molar-refractivity contribution in [1.29, 1.82) is 0 Å². The van der Waals surface area contributed by atoms with Crippen LogP contribution in [-0.4, -0.2) is 64.7 Å². The van der Waals surface area contributed by atoms with E-state index in [-0.39, 0.29) is 30.3 Å². The molecule has 0 spiro atoms. The third-order valence-electron chi connectivity index (χ3n) is 6.44. The monoisotopic (exact) mass is 463 g/mol. The maximum Gasteiger partial charge on any atom is 0.245 e. The number of H-pyrrole nitrogens is 1. The van der Waals surface area contributed by atoms with Gasteiger partial charge in [0.1, 0.15) is 10.5 Å². The maximum atomic E-state index is 13.2. The Bertz CT molecular complexity index is 1470. The summed E-state index contributed by atoms with van der Waals surface area (Å²) in [6, 6.07) is 11.4. The van der Waals surface area contributed by atoms with Crippen molar-refractivity contribution >= 4 is 37.9 Å². The summed E-state index contributed by atoms with van der Waals surface area (Å²) in [6.07, 6.45) is 3.37. The fraction of sp³-hybridized carbons (Fsp3) is 0.292. The average Bonchev–Trinajstić information content (AvgIpc) is 3.27. The second-order valence-corrected chi connectivity index (χ2v) is 10.2. The van der Waals surface area contributed by atoms with E-state index in [1.54, 1.807) is 23.2 Å². The van der Waals surface area contributed by atoms with Gasteiger partial charge in [0, 0.05) is 55.0 Å². The van der Waals surface area contributed by atoms with Crippen LogP contribution in [0.5, 0.6) is 0 Å². The van der Waals surface area contributed by atoms with E-state index in [9.17, 15) is 13.2 Å². The summed E-state index contributed by atoms with van der Waals surface area (Å²) in [5, 5.41) is 1.63. The van der Waals surface area contributed by atoms with Crippen molar-refractivity contribution in [3.8, 4) is 0 Å². The Morgan fingerprint density at radius 3 is 2.55 bits per heavy atom. The largest absolute Gasteiger partial charge is 0.345 e. The van der Waals surface area contributed by atoms with Crippen molar-refractivity contribution in [3.63, 3.8) is 0 Å². The number of carbonyl (C=O) groups is 1. The zero-order valence-electron chi connectivity index (χ0n) is 18.6. The highest BCUT2D eigenvalue weighted by Crippen LogP contribution is 2.26. The van der Waals surface area contributed by atoms with E-state index in [1.165, 1.54) is 10.5 Å². The molecule has 1 aliphatic rings. The number of aromatic nitrogens is 3. The number of amides is 1. The molecule has 0 aliphatic carbocycles. The molecule has 0 radical (unpaired) electrons. The lowest BCUT2D eigenvalue weighted by atomic mass is 9.99. The summed E-state index contributed by atoms with van der Waals surface area (Å²) in [6.45, 7) is 5.20. The number of aryl methyl sites for hydroxylation is 2. The Kier molecular flexibility index (Phi) is 5.38. The molecule has 4 heterocycles. The predicted octanol–water partition coefficient (Wildman–Crippen LogP) is 2.80. The molecule has 1 N–H and O–H groups in total. The molecule has 1 aromatic carbocycles. The first-order chi connectivity index (χ1) is 15.9. The first kappa shape index (κ1) is 21.5. The SMILES string of the molecule is Cc1nc2ccccc2c(C)c1CC(=O)N1CCN(S(=O)(=O)c2c[nH]c3ncccc23)CC1. The van der Waals surface area contributed by atoms with Gasteiger partial charge in [-0.3, -0.25) is 9.78 Å². The molecule has 170 valence electrons. The molecule has 1 fully saturated rings. The van der Waals surface area contributed by atoms with Crippen molar-refractivity contribution in [1.82, 2.24) is 24.2 Å². The summed E-state index contributed by atoms with van der Waals surface area (Å²) in [5.74, 6) is -0.00776. The van der Waals surface area contributed by atoms with Gasteiger partial charge >= 0.3 is 0 Å². The molecule has 4 aromatic rings. The van der Waals surface area contributed by atoms with Gasteiger partial charge in [0.25, 0.3) is 0 Å². The number of hydrogen-bond donors (Lipinski definition) is 1. The molecule has 0 atom stereocenters. The highest BCUT2D eigenvalue weighted by molar-refractivity contribution is 7.89. The van der Waals surface area contributed by atoms with E-state index >= 15 is 0 Å². The number of nitrogens with one attached hydrogen (secondary N) is 1. The summed E-state index contributed by atoms with van der Waals surface area (Å²) < 4.78 is 27.9. The summed E-state index contributed by atoms with van der Waals surface area (Å²) in [4.78, 5) is 26.8. The molecule has 8 nitrogen and oxygen atoms in total. The molecule has 1 amide bonds. The van der Waals surface area contributed by atoms with E-state index in [0.29, 0.717) is 24.1 Å². The van der Waals surface area contributed by atoms with E-state index in [1.807, 2.05) is 38.1 Å². The van der Waals surface area contributed by atoms with E-state index < -0.39 is 10.0 Å². The van der Waals surface area contributed by atoms with E-state index in [0.717, 1.165) is 27.7 Å². The minimum Gasteiger partial charge on any atom is -0.345 e. The lowest BCUT2D eigenvalue weighted by Crippen LogP contribution is -2.50. The highest BCUT2D eigenvalue weighted by Gasteiger charge is 2.32. The zero-order chi connectivity index (χ0) is 23.2. The number of rotatable bonds is 4. The van der Waals surface area contributed by atoms with Crippen molar-refractivity contribution in [2.45, 2.75) is 25.2 Å². The van der Waals surface area contributed by atoms with Crippen LogP contribution in [0.25, 0.3) is 21.9 Å². The number of pyridine rings is 2. The molecule has 5 rings (SSSR count). The molecule has 0 saturated carbocycles. The van der Waals surface area contributed by atoms with Crippen LogP contribution in [0.1, 0.15) is 16.8 Å². The molecular formula is C24H25N5O3S. The molecule has 0 bridgehead atoms. The number of hydrogen-bond acceptors (Lipinski definition) is 5. The van der Waals surface area contributed by atoms with Crippen LogP contribution in [0.3, 0.4) is 0 Å². The predicted molar refractivity (Wildman–Crippen MR) is 126 cm³/mol. The van der Waals surface area contributed by atoms with Crippen LogP contribution >= 0.6 is 0 Å². The molecule has 1 aliphatic heterocycles. The van der Waals surface area contributed by atoms with Gasteiger partial charge in [-0.1, -0.05) is 18.2 Å². The average molecular weight is 464 g/mol. The molecule has 0 unspecified atom stereocenters. The second-order valence-electron chi connectivity index (χ2n) is 8.33. The Morgan fingerprint density at radius 1 is 1.03 bits per heavy atom. The van der Waals surface area contributed by atoms with Crippen molar-refractivity contribution in [2.24, 2.45) is 0 Å². The number of nitrogens with zero attached hydrogens (tertiary/aromatic N) is 4. The maximum absolute atomic E-state index is 13.2. The molecular weight excluding hydrogens is 438 g/mol. The number of carbonyl (C=O) groups excluding carboxylic acids is 1. The normalized spacial score (nSPS) is 15.4. The van der Waals surface area contributed by atoms with Crippen LogP contribution in [0, 0.1) is 13.8 Å². The fourth-order valence-electron chi connectivity index (χ4n) is 4.56. The van der Waals surface area contributed by atoms with Gasteiger partial charge in [-0.2, -0.15) is 4.31 Å². The topological polar surface area (TPSA) is 99.3 Å². The van der Waals surface area contributed by atoms with Gasteiger partial charge in [0.05, 0.1) is 11.9 Å². The Labute approximate surface area is 192 Å². The number of para-hydroxylation sites is 1. The molecule has 9 heteroatoms. The van der Waals surface area contributed by atoms with Crippen molar-refractivity contribution < 1.29 is 13.2 Å². The standard InChI is InChI=1S/C24H25N5O3S/c1-16-18-6-3-4-8-21(18)27-17(2)20(16)14-23(30)28-10-12-29(13-11-28)33(31,32)22-15-26-24-19(22)7-5-9-25-24/h3-9,15H,10-14H2,1-2H3,(H,25,26). The molecule has 1 saturated heterocycles. The minimum atomic E-state index is -3.68. The molecule has 33 heavy (non-hydrogen) atoms. The minimum absolute atomic E-state index is 0.00776. The zero-order valence-corrected chi connectivity index (χ0v) is 19.4. The number of aromatic amines is 1. The smallest absolute Gasteiger partial charge is 0.245 e. The van der Waals surface area contributed by atoms with Gasteiger partial charge in [0.15, 0.2) is 0 Å². The van der Waals surface area contributed by atoms with E-state index in [4.69, 9.17) is 0 Å². The number of sulfonamides is 1. The summed E-state index contributed by atoms with van der Waals surface area (Å²) in [5.41, 5.74) is 4.34. The van der Waals surface area contributed by atoms with Gasteiger partial charge in [-0.05, 0) is 43.2 Å². The van der Waals surface area contributed by atoms with Crippen molar-refractivity contribution in [3.05, 3.63) is 65.6 Å². The van der Waals surface area contributed by atoms with Crippen molar-refractivity contribution in [2.75, 3.05) is 26.2 Å². The van der Waals surface area contributed by atoms with Crippen LogP contribution in [0.4, 0.5) is 0 Å². The number of piperazine rings is 1. The quantitative estimate of drug-likeness (QED) is 0.502. The second kappa shape index (κ2) is 8.24. The lowest BCUT2D eigenvalue weighted by Gasteiger charge is -2.34. The summed E-state index contributed by atoms with van der Waals surface area (Å²) >= 11 is 0. The Morgan fingerprint density at radius 2 is 1.76 bits per heavy atom. The number of benzene rings is 1. The van der Waals surface area contributed by atoms with Crippen LogP contribution in [0.15, 0.2) is 53.7 Å². The fourth-order valence-corrected chi connectivity index (χ4v) is 6.13. The Hall–Kier alpha value is -3.30. The van der Waals surface area contributed by atoms with Gasteiger partial charge in [-0.25, -0.2) is 13.4 Å². The first-order valence-corrected chi connectivity index (χ1v) is 12.3. The van der Waals surface area contributed by atoms with Gasteiger partial charge in [0.2, 0.25) is 15.9 Å². The number of fused-ring (bicyclic) bond motifs is 2. The first-order valence-electron chi connectivity index (χ1n) is 10.9. The van der Waals surface area contributed by atoms with Gasteiger partial charge < -0.3 is 9.88 Å². The highest BCUT2D eigenvalue weighted by atomic mass is 32.2. The van der Waals surface area contributed by atoms with E-state index in [2.05, 4.69) is 15.0 Å². The third-order valence-corrected chi connectivity index (χ3v) is 8.37.